The third-order valence-electron chi connectivity index (χ3n) is 2.85. The van der Waals surface area contributed by atoms with Crippen LogP contribution in [0.2, 0.25) is 0 Å². The van der Waals surface area contributed by atoms with Gasteiger partial charge in [0.2, 0.25) is 0 Å². The van der Waals surface area contributed by atoms with Crippen LogP contribution in [0.1, 0.15) is 30.2 Å². The largest absolute Gasteiger partial charge is 0.396 e. The van der Waals surface area contributed by atoms with Gasteiger partial charge in [-0.2, -0.15) is 10.5 Å². The lowest BCUT2D eigenvalue weighted by Crippen LogP contribution is -2.16. The first-order valence-electron chi connectivity index (χ1n) is 5.16. The molecule has 1 aliphatic carbocycles. The number of nitrogens with one attached hydrogen (secondary N) is 1. The molecule has 2 rings (SSSR count). The third-order valence-corrected chi connectivity index (χ3v) is 3.89. The maximum Gasteiger partial charge on any atom is 0.131 e. The zero-order chi connectivity index (χ0) is 11.7. The zero-order valence-corrected chi connectivity index (χ0v) is 9.77. The summed E-state index contributed by atoms with van der Waals surface area (Å²) in [5, 5.41) is 21.9. The molecule has 1 aliphatic rings. The molecule has 1 saturated carbocycles. The molecule has 4 nitrogen and oxygen atoms in total. The van der Waals surface area contributed by atoms with Gasteiger partial charge in [-0.3, -0.25) is 0 Å². The molecule has 1 aromatic heterocycles. The number of hydrogen-bond donors (Lipinski definition) is 2. The summed E-state index contributed by atoms with van der Waals surface area (Å²) in [7, 11) is 0. The fourth-order valence-electron chi connectivity index (χ4n) is 1.66. The quantitative estimate of drug-likeness (QED) is 0.837. The van der Waals surface area contributed by atoms with E-state index in [4.69, 9.17) is 16.3 Å². The smallest absolute Gasteiger partial charge is 0.131 e. The van der Waals surface area contributed by atoms with Crippen molar-refractivity contribution in [1.82, 2.24) is 0 Å². The molecule has 0 aliphatic heterocycles. The molecule has 1 heterocycles. The number of nitrogen functional groups attached to an aromatic ring is 1. The molecule has 0 aromatic carbocycles. The van der Waals surface area contributed by atoms with Crippen LogP contribution in [-0.2, 0) is 0 Å². The van der Waals surface area contributed by atoms with E-state index in [0.717, 1.165) is 5.00 Å². The summed E-state index contributed by atoms with van der Waals surface area (Å²) >= 11 is 1.26. The molecule has 0 radical (unpaired) electrons. The van der Waals surface area contributed by atoms with E-state index in [1.807, 2.05) is 6.07 Å². The van der Waals surface area contributed by atoms with Crippen molar-refractivity contribution in [3.63, 3.8) is 0 Å². The second kappa shape index (κ2) is 4.03. The number of rotatable bonds is 3. The summed E-state index contributed by atoms with van der Waals surface area (Å²) in [5.41, 5.74) is 6.44. The molecule has 0 bridgehead atoms. The van der Waals surface area contributed by atoms with Crippen molar-refractivity contribution in [2.75, 3.05) is 11.1 Å². The van der Waals surface area contributed by atoms with Crippen LogP contribution >= 0.6 is 11.3 Å². The molecule has 82 valence electrons. The predicted octanol–water partition coefficient (Wildman–Crippen LogP) is 2.28. The van der Waals surface area contributed by atoms with Crippen molar-refractivity contribution in [2.45, 2.75) is 25.8 Å². The second-order valence-electron chi connectivity index (χ2n) is 4.04. The van der Waals surface area contributed by atoms with Crippen LogP contribution in [-0.4, -0.2) is 6.04 Å². The molecule has 3 N–H and O–H groups in total. The Morgan fingerprint density at radius 3 is 2.62 bits per heavy atom. The Balaban J connectivity index is 2.26. The van der Waals surface area contributed by atoms with Gasteiger partial charge in [0.15, 0.2) is 0 Å². The van der Waals surface area contributed by atoms with Gasteiger partial charge in [-0.25, -0.2) is 0 Å². The van der Waals surface area contributed by atoms with E-state index in [-0.39, 0.29) is 0 Å². The molecular weight excluding hydrogens is 220 g/mol. The van der Waals surface area contributed by atoms with Crippen molar-refractivity contribution in [1.29, 1.82) is 10.5 Å². The van der Waals surface area contributed by atoms with Crippen LogP contribution in [0.15, 0.2) is 0 Å². The van der Waals surface area contributed by atoms with E-state index in [2.05, 4.69) is 18.3 Å². The van der Waals surface area contributed by atoms with Crippen molar-refractivity contribution in [3.8, 4) is 12.1 Å². The Hall–Kier alpha value is -1.72. The molecule has 1 aromatic rings. The highest BCUT2D eigenvalue weighted by Gasteiger charge is 2.29. The van der Waals surface area contributed by atoms with Crippen LogP contribution in [0.5, 0.6) is 0 Å². The van der Waals surface area contributed by atoms with Crippen molar-refractivity contribution in [3.05, 3.63) is 10.4 Å². The third kappa shape index (κ3) is 1.82. The molecule has 0 amide bonds. The maximum absolute atomic E-state index is 9.00. The van der Waals surface area contributed by atoms with E-state index < -0.39 is 0 Å². The molecule has 1 fully saturated rings. The van der Waals surface area contributed by atoms with Crippen LogP contribution in [0.25, 0.3) is 0 Å². The van der Waals surface area contributed by atoms with Gasteiger partial charge in [0.1, 0.15) is 27.6 Å². The number of nitrogens with zero attached hydrogens (tertiary/aromatic N) is 2. The van der Waals surface area contributed by atoms with E-state index in [9.17, 15) is 0 Å². The van der Waals surface area contributed by atoms with Crippen LogP contribution in [0, 0.1) is 28.6 Å². The minimum Gasteiger partial charge on any atom is -0.396 e. The number of nitrogens with two attached hydrogens (primary N) is 1. The Kier molecular flexibility index (Phi) is 2.72. The minimum absolute atomic E-state index is 0.306. The molecule has 1 atom stereocenters. The first-order chi connectivity index (χ1) is 7.67. The molecule has 1 unspecified atom stereocenters. The monoisotopic (exact) mass is 232 g/mol. The number of hydrogen-bond acceptors (Lipinski definition) is 5. The summed E-state index contributed by atoms with van der Waals surface area (Å²) in [6, 6.07) is 4.41. The normalized spacial score (nSPS) is 16.2. The van der Waals surface area contributed by atoms with Crippen LogP contribution in [0.4, 0.5) is 10.7 Å². The van der Waals surface area contributed by atoms with E-state index >= 15 is 0 Å². The topological polar surface area (TPSA) is 85.6 Å². The summed E-state index contributed by atoms with van der Waals surface area (Å²) in [5.74, 6) is 0.695. The van der Waals surface area contributed by atoms with Crippen LogP contribution in [0.3, 0.4) is 0 Å². The van der Waals surface area contributed by atoms with Crippen molar-refractivity contribution < 1.29 is 0 Å². The molecule has 0 saturated heterocycles. The summed E-state index contributed by atoms with van der Waals surface area (Å²) in [6.45, 7) is 2.10. The SMILES string of the molecule is CC(Nc1sc(C#N)c(N)c1C#N)C1CC1. The summed E-state index contributed by atoms with van der Waals surface area (Å²) in [6.07, 6.45) is 2.48. The first kappa shape index (κ1) is 10.8. The van der Waals surface area contributed by atoms with Gasteiger partial charge in [-0.05, 0) is 25.7 Å². The molecule has 0 spiro atoms. The van der Waals surface area contributed by atoms with Gasteiger partial charge in [-0.15, -0.1) is 11.3 Å². The van der Waals surface area contributed by atoms with E-state index in [1.165, 1.54) is 24.2 Å². The Labute approximate surface area is 98.3 Å². The number of nitriles is 2. The van der Waals surface area contributed by atoms with Gasteiger partial charge in [0.25, 0.3) is 0 Å². The standard InChI is InChI=1S/C11H12N4S/c1-6(7-2-3-7)15-11-8(4-12)10(14)9(5-13)16-11/h6-7,15H,2-3,14H2,1H3. The predicted molar refractivity (Wildman–Crippen MR) is 64.0 cm³/mol. The van der Waals surface area contributed by atoms with Crippen LogP contribution < -0.4 is 11.1 Å². The van der Waals surface area contributed by atoms with Gasteiger partial charge < -0.3 is 11.1 Å². The highest BCUT2D eigenvalue weighted by Crippen LogP contribution is 2.39. The number of anilines is 2. The van der Waals surface area contributed by atoms with Gasteiger partial charge >= 0.3 is 0 Å². The maximum atomic E-state index is 9.00. The van der Waals surface area contributed by atoms with Crippen molar-refractivity contribution >= 4 is 22.0 Å². The fourth-order valence-corrected chi connectivity index (χ4v) is 2.62. The highest BCUT2D eigenvalue weighted by atomic mass is 32.1. The number of thiophene rings is 1. The minimum atomic E-state index is 0.306. The average molecular weight is 232 g/mol. The lowest BCUT2D eigenvalue weighted by Gasteiger charge is -2.12. The van der Waals surface area contributed by atoms with Gasteiger partial charge in [0, 0.05) is 6.04 Å². The lowest BCUT2D eigenvalue weighted by molar-refractivity contribution is 0.696. The van der Waals surface area contributed by atoms with E-state index in [0.29, 0.717) is 28.1 Å². The Bertz CT molecular complexity index is 487. The Morgan fingerprint density at radius 1 is 1.44 bits per heavy atom. The van der Waals surface area contributed by atoms with Crippen molar-refractivity contribution in [2.24, 2.45) is 5.92 Å². The van der Waals surface area contributed by atoms with Gasteiger partial charge in [-0.1, -0.05) is 0 Å². The molecule has 16 heavy (non-hydrogen) atoms. The Morgan fingerprint density at radius 2 is 2.12 bits per heavy atom. The molecule has 5 heteroatoms. The zero-order valence-electron chi connectivity index (χ0n) is 8.95. The summed E-state index contributed by atoms with van der Waals surface area (Å²) < 4.78 is 0. The van der Waals surface area contributed by atoms with E-state index in [1.54, 1.807) is 0 Å². The first-order valence-corrected chi connectivity index (χ1v) is 5.98. The summed E-state index contributed by atoms with van der Waals surface area (Å²) in [4.78, 5) is 0.419. The average Bonchev–Trinajstić information content (AvgIpc) is 3.05. The van der Waals surface area contributed by atoms with Gasteiger partial charge in [0.05, 0.1) is 5.69 Å². The fraction of sp³-hybridized carbons (Fsp3) is 0.455. The highest BCUT2D eigenvalue weighted by molar-refractivity contribution is 7.17. The lowest BCUT2D eigenvalue weighted by atomic mass is 10.2. The second-order valence-corrected chi connectivity index (χ2v) is 5.06. The molecular formula is C11H12N4S.